The molecule has 2 aromatic rings. The zero-order valence-corrected chi connectivity index (χ0v) is 16.5. The number of nitrogens with zero attached hydrogens (tertiary/aromatic N) is 2. The number of halogens is 1. The van der Waals surface area contributed by atoms with Crippen LogP contribution >= 0.6 is 0 Å². The zero-order valence-electron chi connectivity index (χ0n) is 16.5. The third-order valence-corrected chi connectivity index (χ3v) is 5.40. The van der Waals surface area contributed by atoms with Gasteiger partial charge in [-0.25, -0.2) is 9.18 Å². The molecule has 1 aliphatic rings. The molecule has 6 heteroatoms. The van der Waals surface area contributed by atoms with Gasteiger partial charge in [-0.05, 0) is 54.9 Å². The number of aromatic carboxylic acids is 1. The molecule has 0 amide bonds. The number of likely N-dealkylation sites (N-methyl/N-ethyl adjacent to an activating group) is 1. The van der Waals surface area contributed by atoms with E-state index in [-0.39, 0.29) is 17.4 Å². The molecule has 1 heterocycles. The molecule has 1 aliphatic heterocycles. The molecule has 0 bridgehead atoms. The monoisotopic (exact) mass is 385 g/mol. The van der Waals surface area contributed by atoms with Crippen LogP contribution in [0.1, 0.15) is 41.4 Å². The van der Waals surface area contributed by atoms with Gasteiger partial charge in [-0.3, -0.25) is 0 Å². The second-order valence-electron chi connectivity index (χ2n) is 7.23. The molecule has 28 heavy (non-hydrogen) atoms. The van der Waals surface area contributed by atoms with E-state index in [1.54, 1.807) is 24.3 Å². The summed E-state index contributed by atoms with van der Waals surface area (Å²) in [5, 5.41) is 12.6. The Morgan fingerprint density at radius 1 is 1.18 bits per heavy atom. The molecule has 0 saturated carbocycles. The summed E-state index contributed by atoms with van der Waals surface area (Å²) in [5.41, 5.74) is 3.16. The van der Waals surface area contributed by atoms with Gasteiger partial charge in [-0.15, -0.1) is 0 Å². The number of hydrogen-bond acceptors (Lipinski definition) is 4. The van der Waals surface area contributed by atoms with Crippen LogP contribution < -0.4 is 10.2 Å². The van der Waals surface area contributed by atoms with Crippen LogP contribution in [0, 0.1) is 5.82 Å². The molecule has 0 radical (unpaired) electrons. The van der Waals surface area contributed by atoms with Crippen LogP contribution in [0.4, 0.5) is 10.1 Å². The van der Waals surface area contributed by atoms with Crippen molar-refractivity contribution in [3.8, 4) is 0 Å². The van der Waals surface area contributed by atoms with Crippen molar-refractivity contribution in [2.24, 2.45) is 0 Å². The summed E-state index contributed by atoms with van der Waals surface area (Å²) in [5.74, 6) is -1.18. The van der Waals surface area contributed by atoms with Crippen molar-refractivity contribution in [3.63, 3.8) is 0 Å². The maximum atomic E-state index is 14.0. The number of carbonyl (C=O) groups is 1. The predicted octanol–water partition coefficient (Wildman–Crippen LogP) is 3.52. The van der Waals surface area contributed by atoms with Crippen LogP contribution in [0.25, 0.3) is 0 Å². The van der Waals surface area contributed by atoms with E-state index in [2.05, 4.69) is 22.0 Å². The van der Waals surface area contributed by atoms with Crippen LogP contribution in [0.3, 0.4) is 0 Å². The molecular weight excluding hydrogens is 357 g/mol. The maximum Gasteiger partial charge on any atom is 0.335 e. The van der Waals surface area contributed by atoms with E-state index in [0.29, 0.717) is 6.54 Å². The Morgan fingerprint density at radius 2 is 1.93 bits per heavy atom. The lowest BCUT2D eigenvalue weighted by Crippen LogP contribution is -2.46. The number of rotatable bonds is 7. The summed E-state index contributed by atoms with van der Waals surface area (Å²) < 4.78 is 14.0. The van der Waals surface area contributed by atoms with Gasteiger partial charge in [-0.1, -0.05) is 19.1 Å². The number of anilines is 1. The Kier molecular flexibility index (Phi) is 6.65. The van der Waals surface area contributed by atoms with E-state index in [1.807, 2.05) is 19.1 Å². The number of hydrogen-bond donors (Lipinski definition) is 2. The average Bonchev–Trinajstić information content (AvgIpc) is 2.72. The lowest BCUT2D eigenvalue weighted by Gasteiger charge is -2.37. The summed E-state index contributed by atoms with van der Waals surface area (Å²) in [6.07, 6.45) is 0. The molecular formula is C22H28FN3O2. The standard InChI is InChI=1S/C22H28FN3O2/c1-3-25-9-11-26(12-10-25)21-8-7-19(23)14-20(21)16(2)24-15-17-5-4-6-18(13-17)22(27)28/h4-8,13-14,16,24H,3,9-12,15H2,1-2H3,(H,27,28). The van der Waals surface area contributed by atoms with Crippen molar-refractivity contribution in [3.05, 3.63) is 65.0 Å². The van der Waals surface area contributed by atoms with Gasteiger partial charge < -0.3 is 20.2 Å². The van der Waals surface area contributed by atoms with E-state index < -0.39 is 5.97 Å². The zero-order chi connectivity index (χ0) is 20.1. The minimum atomic E-state index is -0.937. The molecule has 2 N–H and O–H groups in total. The predicted molar refractivity (Wildman–Crippen MR) is 109 cm³/mol. The van der Waals surface area contributed by atoms with Gasteiger partial charge in [0.05, 0.1) is 5.56 Å². The molecule has 1 unspecified atom stereocenters. The van der Waals surface area contributed by atoms with Crippen LogP contribution in [-0.4, -0.2) is 48.7 Å². The van der Waals surface area contributed by atoms with Gasteiger partial charge in [0.1, 0.15) is 5.82 Å². The second-order valence-corrected chi connectivity index (χ2v) is 7.23. The smallest absolute Gasteiger partial charge is 0.335 e. The van der Waals surface area contributed by atoms with E-state index in [9.17, 15) is 9.18 Å². The fourth-order valence-electron chi connectivity index (χ4n) is 3.66. The lowest BCUT2D eigenvalue weighted by molar-refractivity contribution is 0.0696. The minimum absolute atomic E-state index is 0.0663. The minimum Gasteiger partial charge on any atom is -0.478 e. The van der Waals surface area contributed by atoms with E-state index in [0.717, 1.165) is 49.5 Å². The van der Waals surface area contributed by atoms with Crippen LogP contribution in [-0.2, 0) is 6.54 Å². The van der Waals surface area contributed by atoms with E-state index in [1.165, 1.54) is 6.07 Å². The highest BCUT2D eigenvalue weighted by atomic mass is 19.1. The Balaban J connectivity index is 1.72. The number of piperazine rings is 1. The number of benzene rings is 2. The Labute approximate surface area is 165 Å². The van der Waals surface area contributed by atoms with Crippen molar-refractivity contribution in [1.82, 2.24) is 10.2 Å². The Bertz CT molecular complexity index is 819. The highest BCUT2D eigenvalue weighted by molar-refractivity contribution is 5.87. The van der Waals surface area contributed by atoms with Crippen molar-refractivity contribution >= 4 is 11.7 Å². The fourth-order valence-corrected chi connectivity index (χ4v) is 3.66. The first-order valence-electron chi connectivity index (χ1n) is 9.80. The SMILES string of the molecule is CCN1CCN(c2ccc(F)cc2C(C)NCc2cccc(C(=O)O)c2)CC1. The third-order valence-electron chi connectivity index (χ3n) is 5.40. The number of carboxylic acid groups (broad SMARTS) is 1. The Morgan fingerprint density at radius 3 is 2.61 bits per heavy atom. The van der Waals surface area contributed by atoms with Crippen molar-refractivity contribution in [2.75, 3.05) is 37.6 Å². The second kappa shape index (κ2) is 9.17. The first-order chi connectivity index (χ1) is 13.5. The van der Waals surface area contributed by atoms with Crippen molar-refractivity contribution < 1.29 is 14.3 Å². The highest BCUT2D eigenvalue weighted by Crippen LogP contribution is 2.28. The van der Waals surface area contributed by atoms with Gasteiger partial charge >= 0.3 is 5.97 Å². The summed E-state index contributed by atoms with van der Waals surface area (Å²) >= 11 is 0. The molecule has 150 valence electrons. The molecule has 1 atom stereocenters. The summed E-state index contributed by atoms with van der Waals surface area (Å²) in [6.45, 7) is 9.64. The van der Waals surface area contributed by atoms with Crippen LogP contribution in [0.2, 0.25) is 0 Å². The maximum absolute atomic E-state index is 14.0. The van der Waals surface area contributed by atoms with Crippen LogP contribution in [0.15, 0.2) is 42.5 Å². The highest BCUT2D eigenvalue weighted by Gasteiger charge is 2.21. The first-order valence-corrected chi connectivity index (χ1v) is 9.80. The summed E-state index contributed by atoms with van der Waals surface area (Å²) in [7, 11) is 0. The molecule has 0 spiro atoms. The van der Waals surface area contributed by atoms with Gasteiger partial charge in [-0.2, -0.15) is 0 Å². The topological polar surface area (TPSA) is 55.8 Å². The van der Waals surface area contributed by atoms with Gasteiger partial charge in [0.15, 0.2) is 0 Å². The summed E-state index contributed by atoms with van der Waals surface area (Å²) in [6, 6.07) is 11.8. The largest absolute Gasteiger partial charge is 0.478 e. The normalized spacial score (nSPS) is 16.2. The van der Waals surface area contributed by atoms with E-state index >= 15 is 0 Å². The molecule has 0 aliphatic carbocycles. The lowest BCUT2D eigenvalue weighted by atomic mass is 10.0. The molecule has 1 fully saturated rings. The summed E-state index contributed by atoms with van der Waals surface area (Å²) in [4.78, 5) is 15.9. The molecule has 2 aromatic carbocycles. The molecule has 1 saturated heterocycles. The average molecular weight is 385 g/mol. The number of carboxylic acids is 1. The van der Waals surface area contributed by atoms with Crippen molar-refractivity contribution in [2.45, 2.75) is 26.4 Å². The van der Waals surface area contributed by atoms with E-state index in [4.69, 9.17) is 5.11 Å². The van der Waals surface area contributed by atoms with Crippen molar-refractivity contribution in [1.29, 1.82) is 0 Å². The quantitative estimate of drug-likeness (QED) is 0.764. The van der Waals surface area contributed by atoms with Gasteiger partial charge in [0, 0.05) is 44.5 Å². The number of nitrogens with one attached hydrogen (secondary N) is 1. The van der Waals surface area contributed by atoms with Crippen LogP contribution in [0.5, 0.6) is 0 Å². The first kappa shape index (κ1) is 20.3. The molecule has 0 aromatic heterocycles. The Hall–Kier alpha value is -2.44. The third kappa shape index (κ3) is 4.88. The fraction of sp³-hybridized carbons (Fsp3) is 0.409. The molecule has 3 rings (SSSR count). The van der Waals surface area contributed by atoms with Gasteiger partial charge in [0.25, 0.3) is 0 Å². The molecule has 5 nitrogen and oxygen atoms in total. The van der Waals surface area contributed by atoms with Gasteiger partial charge in [0.2, 0.25) is 0 Å².